The van der Waals surface area contributed by atoms with Crippen LogP contribution >= 0.6 is 11.3 Å². The van der Waals surface area contributed by atoms with Crippen molar-refractivity contribution in [2.75, 3.05) is 6.26 Å². The number of fused-ring (bicyclic) bond motifs is 1. The Morgan fingerprint density at radius 3 is 2.54 bits per heavy atom. The number of halogens is 3. The molecule has 0 bridgehead atoms. The lowest BCUT2D eigenvalue weighted by atomic mass is 10.2. The molecule has 3 rings (SSSR count). The minimum absolute atomic E-state index is 0.0354. The summed E-state index contributed by atoms with van der Waals surface area (Å²) in [5, 5.41) is 0.653. The summed E-state index contributed by atoms with van der Waals surface area (Å²) in [6, 6.07) is 10.3. The Balaban J connectivity index is 1.84. The van der Waals surface area contributed by atoms with Gasteiger partial charge in [0.25, 0.3) is 0 Å². The Kier molecular flexibility index (Phi) is 4.69. The lowest BCUT2D eigenvalue weighted by Crippen LogP contribution is -2.09. The highest BCUT2D eigenvalue weighted by Gasteiger charge is 2.32. The first-order valence-corrected chi connectivity index (χ1v) is 9.57. The van der Waals surface area contributed by atoms with E-state index in [1.54, 1.807) is 0 Å². The van der Waals surface area contributed by atoms with Gasteiger partial charge >= 0.3 is 6.18 Å². The van der Waals surface area contributed by atoms with Crippen LogP contribution in [0.4, 0.5) is 18.3 Å². The van der Waals surface area contributed by atoms with Gasteiger partial charge in [0.05, 0.1) is 10.2 Å². The normalized spacial score (nSPS) is 14.9. The molecule has 24 heavy (non-hydrogen) atoms. The van der Waals surface area contributed by atoms with Crippen molar-refractivity contribution >= 4 is 37.4 Å². The molecule has 0 N–H and O–H groups in total. The highest BCUT2D eigenvalue weighted by atomic mass is 32.2. The lowest BCUT2D eigenvalue weighted by molar-refractivity contribution is -0.141. The molecule has 0 aliphatic rings. The third-order valence-electron chi connectivity index (χ3n) is 3.56. The number of hydrogen-bond acceptors (Lipinski definition) is 4. The summed E-state index contributed by atoms with van der Waals surface area (Å²) in [5.41, 5.74) is 0.762. The molecule has 0 amide bonds. The first-order valence-electron chi connectivity index (χ1n) is 7.10. The van der Waals surface area contributed by atoms with E-state index in [9.17, 15) is 13.2 Å². The molecule has 0 aliphatic carbocycles. The number of pyridine rings is 1. The highest BCUT2D eigenvalue weighted by molar-refractivity contribution is 7.87. The zero-order chi connectivity index (χ0) is 17.3. The molecule has 126 valence electrons. The van der Waals surface area contributed by atoms with Gasteiger partial charge in [-0.15, -0.1) is 0 Å². The van der Waals surface area contributed by atoms with Crippen LogP contribution in [0.5, 0.6) is 0 Å². The van der Waals surface area contributed by atoms with Gasteiger partial charge in [-0.2, -0.15) is 17.5 Å². The number of para-hydroxylation sites is 1. The van der Waals surface area contributed by atoms with Gasteiger partial charge in [-0.25, -0.2) is 4.98 Å². The second-order valence-corrected chi connectivity index (χ2v) is 8.14. The van der Waals surface area contributed by atoms with Gasteiger partial charge in [0, 0.05) is 11.4 Å². The van der Waals surface area contributed by atoms with Crippen LogP contribution in [0.1, 0.15) is 23.4 Å². The fourth-order valence-corrected chi connectivity index (χ4v) is 4.30. The Morgan fingerprint density at radius 1 is 1.17 bits per heavy atom. The minimum atomic E-state index is -4.42. The Hall–Kier alpha value is -1.80. The van der Waals surface area contributed by atoms with E-state index in [2.05, 4.69) is 14.3 Å². The summed E-state index contributed by atoms with van der Waals surface area (Å²) in [6.45, 7) is 1.93. The summed E-state index contributed by atoms with van der Waals surface area (Å²) < 4.78 is 43.4. The first kappa shape index (κ1) is 17.0. The molecule has 0 aliphatic heterocycles. The van der Waals surface area contributed by atoms with E-state index in [0.29, 0.717) is 5.13 Å². The fraction of sp³-hybridized carbons (Fsp3) is 0.250. The van der Waals surface area contributed by atoms with Crippen molar-refractivity contribution in [3.63, 3.8) is 0 Å². The molecule has 0 spiro atoms. The van der Waals surface area contributed by atoms with Crippen molar-refractivity contribution in [3.05, 3.63) is 53.9 Å². The average molecular weight is 369 g/mol. The molecule has 0 fully saturated rings. The molecule has 8 heteroatoms. The van der Waals surface area contributed by atoms with E-state index in [-0.39, 0.29) is 5.25 Å². The summed E-state index contributed by atoms with van der Waals surface area (Å²) in [5.74, 6) is 0. The van der Waals surface area contributed by atoms with Crippen LogP contribution in [0.25, 0.3) is 10.2 Å². The molecule has 1 aromatic carbocycles. The van der Waals surface area contributed by atoms with Gasteiger partial charge in [-0.3, -0.25) is 4.98 Å². The number of aromatic nitrogens is 2. The van der Waals surface area contributed by atoms with Crippen LogP contribution in [0.3, 0.4) is 0 Å². The molecular formula is C16H14F3N3S2. The van der Waals surface area contributed by atoms with Crippen LogP contribution in [0.15, 0.2) is 47.0 Å². The molecular weight excluding hydrogens is 355 g/mol. The Bertz CT molecular complexity index is 852. The minimum Gasteiger partial charge on any atom is -0.251 e. The van der Waals surface area contributed by atoms with Crippen LogP contribution in [0, 0.1) is 0 Å². The molecule has 3 nitrogen and oxygen atoms in total. The molecule has 0 saturated heterocycles. The van der Waals surface area contributed by atoms with Crippen molar-refractivity contribution in [2.24, 2.45) is 4.36 Å². The standard InChI is InChI=1S/C16H14F3N3S2/c1-10(11-7-8-14(20-9-11)16(17,18)19)24(2)22-15-21-12-5-3-4-6-13(12)23-15/h3-10H,1-2H3. The molecule has 0 radical (unpaired) electrons. The molecule has 0 saturated carbocycles. The summed E-state index contributed by atoms with van der Waals surface area (Å²) in [7, 11) is -0.420. The average Bonchev–Trinajstić information content (AvgIpc) is 2.95. The maximum atomic E-state index is 12.6. The highest BCUT2D eigenvalue weighted by Crippen LogP contribution is 2.31. The van der Waals surface area contributed by atoms with Crippen molar-refractivity contribution < 1.29 is 13.2 Å². The summed E-state index contributed by atoms with van der Waals surface area (Å²) in [6.07, 6.45) is -1.18. The smallest absolute Gasteiger partial charge is 0.251 e. The second kappa shape index (κ2) is 6.60. The molecule has 2 atom stereocenters. The quantitative estimate of drug-likeness (QED) is 0.608. The van der Waals surface area contributed by atoms with Crippen molar-refractivity contribution in [1.29, 1.82) is 0 Å². The maximum Gasteiger partial charge on any atom is 0.433 e. The largest absolute Gasteiger partial charge is 0.433 e. The van der Waals surface area contributed by atoms with E-state index in [1.807, 2.05) is 37.4 Å². The summed E-state index contributed by atoms with van der Waals surface area (Å²) in [4.78, 5) is 7.99. The zero-order valence-corrected chi connectivity index (χ0v) is 14.5. The van der Waals surface area contributed by atoms with Gasteiger partial charge in [0.15, 0.2) is 0 Å². The monoisotopic (exact) mass is 369 g/mol. The third kappa shape index (κ3) is 3.64. The molecule has 2 heterocycles. The molecule has 2 unspecified atom stereocenters. The number of nitrogens with zero attached hydrogens (tertiary/aromatic N) is 3. The summed E-state index contributed by atoms with van der Waals surface area (Å²) >= 11 is 1.51. The Morgan fingerprint density at radius 2 is 1.92 bits per heavy atom. The molecule has 3 aromatic rings. The zero-order valence-electron chi connectivity index (χ0n) is 12.9. The van der Waals surface area contributed by atoms with E-state index in [4.69, 9.17) is 0 Å². The number of thiazole rings is 1. The predicted molar refractivity (Wildman–Crippen MR) is 92.7 cm³/mol. The number of benzene rings is 1. The van der Waals surface area contributed by atoms with Crippen LogP contribution in [-0.2, 0) is 16.9 Å². The molecule has 2 aromatic heterocycles. The van der Waals surface area contributed by atoms with Crippen molar-refractivity contribution in [2.45, 2.75) is 18.3 Å². The van der Waals surface area contributed by atoms with Gasteiger partial charge in [0.2, 0.25) is 5.13 Å². The van der Waals surface area contributed by atoms with Gasteiger partial charge in [-0.05, 0) is 36.9 Å². The first-order chi connectivity index (χ1) is 11.3. The SMILES string of the molecule is CC(c1ccc(C(F)(F)F)nc1)S(C)=Nc1nc2ccccc2s1. The van der Waals surface area contributed by atoms with Crippen LogP contribution < -0.4 is 0 Å². The van der Waals surface area contributed by atoms with Crippen LogP contribution in [-0.4, -0.2) is 16.2 Å². The van der Waals surface area contributed by atoms with Gasteiger partial charge < -0.3 is 0 Å². The number of hydrogen-bond donors (Lipinski definition) is 0. The maximum absolute atomic E-state index is 12.6. The van der Waals surface area contributed by atoms with E-state index in [1.165, 1.54) is 23.6 Å². The third-order valence-corrected chi connectivity index (χ3v) is 6.36. The topological polar surface area (TPSA) is 38.1 Å². The number of rotatable bonds is 3. The van der Waals surface area contributed by atoms with Crippen molar-refractivity contribution in [1.82, 2.24) is 9.97 Å². The van der Waals surface area contributed by atoms with E-state index >= 15 is 0 Å². The van der Waals surface area contributed by atoms with Crippen molar-refractivity contribution in [3.8, 4) is 0 Å². The number of alkyl halides is 3. The fourth-order valence-electron chi connectivity index (χ4n) is 2.11. The van der Waals surface area contributed by atoms with E-state index in [0.717, 1.165) is 21.8 Å². The predicted octanol–water partition coefficient (Wildman–Crippen LogP) is 5.53. The lowest BCUT2D eigenvalue weighted by Gasteiger charge is -2.13. The van der Waals surface area contributed by atoms with Gasteiger partial charge in [-0.1, -0.05) is 40.2 Å². The second-order valence-electron chi connectivity index (χ2n) is 5.20. The van der Waals surface area contributed by atoms with E-state index < -0.39 is 22.6 Å². The Labute approximate surface area is 143 Å². The van der Waals surface area contributed by atoms with Crippen LogP contribution in [0.2, 0.25) is 0 Å². The van der Waals surface area contributed by atoms with Gasteiger partial charge in [0.1, 0.15) is 5.69 Å².